The van der Waals surface area contributed by atoms with Crippen molar-refractivity contribution in [3.05, 3.63) is 0 Å². The number of nitrogens with one attached hydrogen (secondary N) is 1. The molecule has 0 aliphatic rings. The normalized spacial score (nSPS) is 11.1. The molecule has 0 aromatic heterocycles. The average molecular weight is 204 g/mol. The molecule has 4 nitrogen and oxygen atoms in total. The summed E-state index contributed by atoms with van der Waals surface area (Å²) in [5, 5.41) is 3.37. The van der Waals surface area contributed by atoms with Crippen molar-refractivity contribution in [1.82, 2.24) is 10.2 Å². The zero-order chi connectivity index (χ0) is 10.6. The van der Waals surface area contributed by atoms with Crippen LogP contribution in [0.1, 0.15) is 6.42 Å². The van der Waals surface area contributed by atoms with Crippen LogP contribution in [0.4, 0.5) is 0 Å². The van der Waals surface area contributed by atoms with Gasteiger partial charge in [0.2, 0.25) is 0 Å². The lowest BCUT2D eigenvalue weighted by Gasteiger charge is -2.16. The van der Waals surface area contributed by atoms with E-state index in [0.717, 1.165) is 45.8 Å². The maximum atomic E-state index is 4.99. The van der Waals surface area contributed by atoms with Gasteiger partial charge in [0, 0.05) is 40.5 Å². The van der Waals surface area contributed by atoms with Crippen molar-refractivity contribution < 1.29 is 9.47 Å². The second-order valence-corrected chi connectivity index (χ2v) is 3.39. The monoisotopic (exact) mass is 204 g/mol. The summed E-state index contributed by atoms with van der Waals surface area (Å²) in [6, 6.07) is 0. The van der Waals surface area contributed by atoms with Gasteiger partial charge in [-0.05, 0) is 20.0 Å². The van der Waals surface area contributed by atoms with Gasteiger partial charge in [0.25, 0.3) is 0 Å². The van der Waals surface area contributed by atoms with Gasteiger partial charge < -0.3 is 19.7 Å². The van der Waals surface area contributed by atoms with E-state index in [2.05, 4.69) is 17.3 Å². The van der Waals surface area contributed by atoms with Gasteiger partial charge in [-0.3, -0.25) is 0 Å². The minimum absolute atomic E-state index is 0.806. The Balaban J connectivity index is 3.02. The van der Waals surface area contributed by atoms with Crippen LogP contribution in [0.25, 0.3) is 0 Å². The molecule has 0 aliphatic heterocycles. The Morgan fingerprint density at radius 3 is 2.36 bits per heavy atom. The molecular formula is C10H24N2O2. The molecule has 0 aromatic carbocycles. The first kappa shape index (κ1) is 13.8. The molecule has 0 heterocycles. The second-order valence-electron chi connectivity index (χ2n) is 3.39. The zero-order valence-electron chi connectivity index (χ0n) is 9.71. The van der Waals surface area contributed by atoms with Gasteiger partial charge in [-0.15, -0.1) is 0 Å². The largest absolute Gasteiger partial charge is 0.385 e. The van der Waals surface area contributed by atoms with E-state index in [9.17, 15) is 0 Å². The quantitative estimate of drug-likeness (QED) is 0.515. The molecule has 0 radical (unpaired) electrons. The Hall–Kier alpha value is -0.160. The van der Waals surface area contributed by atoms with E-state index < -0.39 is 0 Å². The highest BCUT2D eigenvalue weighted by atomic mass is 16.5. The molecule has 0 atom stereocenters. The smallest absolute Gasteiger partial charge is 0.0589 e. The number of nitrogens with zero attached hydrogens (tertiary/aromatic N) is 1. The lowest BCUT2D eigenvalue weighted by Crippen LogP contribution is -2.32. The summed E-state index contributed by atoms with van der Waals surface area (Å²) in [5.41, 5.74) is 0. The summed E-state index contributed by atoms with van der Waals surface area (Å²) in [7, 11) is 5.57. The van der Waals surface area contributed by atoms with Crippen molar-refractivity contribution in [3.8, 4) is 0 Å². The van der Waals surface area contributed by atoms with Crippen LogP contribution in [0.15, 0.2) is 0 Å². The maximum absolute atomic E-state index is 4.99. The van der Waals surface area contributed by atoms with Crippen LogP contribution < -0.4 is 5.32 Å². The molecule has 0 aromatic rings. The molecule has 4 heteroatoms. The third-order valence-electron chi connectivity index (χ3n) is 2.05. The molecule has 0 aliphatic carbocycles. The van der Waals surface area contributed by atoms with Crippen molar-refractivity contribution in [2.75, 3.05) is 60.7 Å². The van der Waals surface area contributed by atoms with Gasteiger partial charge in [-0.1, -0.05) is 0 Å². The highest BCUT2D eigenvalue weighted by Crippen LogP contribution is 1.81. The number of hydrogen-bond donors (Lipinski definition) is 1. The van der Waals surface area contributed by atoms with Gasteiger partial charge in [0.15, 0.2) is 0 Å². The summed E-state index contributed by atoms with van der Waals surface area (Å²) >= 11 is 0. The molecule has 0 bridgehead atoms. The molecule has 0 spiro atoms. The molecule has 0 rings (SSSR count). The molecule has 0 unspecified atom stereocenters. The highest BCUT2D eigenvalue weighted by molar-refractivity contribution is 4.54. The molecule has 0 saturated heterocycles. The predicted octanol–water partition coefficient (Wildman–Crippen LogP) is 0.191. The van der Waals surface area contributed by atoms with Crippen LogP contribution in [-0.2, 0) is 9.47 Å². The maximum Gasteiger partial charge on any atom is 0.0589 e. The lowest BCUT2D eigenvalue weighted by molar-refractivity contribution is 0.161. The van der Waals surface area contributed by atoms with E-state index in [1.807, 2.05) is 0 Å². The third kappa shape index (κ3) is 9.92. The second kappa shape index (κ2) is 10.9. The molecular weight excluding hydrogens is 180 g/mol. The van der Waals surface area contributed by atoms with Crippen LogP contribution in [0.5, 0.6) is 0 Å². The summed E-state index contributed by atoms with van der Waals surface area (Å²) in [6.07, 6.45) is 1.08. The zero-order valence-corrected chi connectivity index (χ0v) is 9.71. The number of ether oxygens (including phenoxy) is 2. The minimum Gasteiger partial charge on any atom is -0.385 e. The van der Waals surface area contributed by atoms with Crippen molar-refractivity contribution in [2.24, 2.45) is 0 Å². The van der Waals surface area contributed by atoms with E-state index >= 15 is 0 Å². The van der Waals surface area contributed by atoms with Gasteiger partial charge in [0.05, 0.1) is 6.61 Å². The van der Waals surface area contributed by atoms with Gasteiger partial charge >= 0.3 is 0 Å². The molecule has 0 fully saturated rings. The van der Waals surface area contributed by atoms with Crippen molar-refractivity contribution in [3.63, 3.8) is 0 Å². The summed E-state index contributed by atoms with van der Waals surface area (Å²) < 4.78 is 9.95. The fourth-order valence-corrected chi connectivity index (χ4v) is 1.10. The molecule has 86 valence electrons. The van der Waals surface area contributed by atoms with E-state index in [1.54, 1.807) is 14.2 Å². The number of hydrogen-bond acceptors (Lipinski definition) is 4. The topological polar surface area (TPSA) is 33.7 Å². The Kier molecular flexibility index (Phi) is 10.8. The number of methoxy groups -OCH3 is 2. The molecule has 14 heavy (non-hydrogen) atoms. The Bertz CT molecular complexity index is 112. The van der Waals surface area contributed by atoms with Crippen LogP contribution in [0, 0.1) is 0 Å². The fourth-order valence-electron chi connectivity index (χ4n) is 1.10. The number of rotatable bonds is 10. The molecule has 0 saturated carbocycles. The Morgan fingerprint density at radius 2 is 1.71 bits per heavy atom. The van der Waals surface area contributed by atoms with E-state index in [4.69, 9.17) is 9.47 Å². The van der Waals surface area contributed by atoms with Crippen LogP contribution in [0.2, 0.25) is 0 Å². The van der Waals surface area contributed by atoms with Crippen molar-refractivity contribution in [1.29, 1.82) is 0 Å². The van der Waals surface area contributed by atoms with E-state index in [1.165, 1.54) is 0 Å². The molecule has 0 amide bonds. The van der Waals surface area contributed by atoms with Gasteiger partial charge in [0.1, 0.15) is 0 Å². The lowest BCUT2D eigenvalue weighted by atomic mass is 10.4. The first-order chi connectivity index (χ1) is 6.81. The number of likely N-dealkylation sites (N-methyl/N-ethyl adjacent to an activating group) is 1. The van der Waals surface area contributed by atoms with Crippen LogP contribution in [-0.4, -0.2) is 65.6 Å². The average Bonchev–Trinajstić information content (AvgIpc) is 2.20. The first-order valence-corrected chi connectivity index (χ1v) is 5.18. The highest BCUT2D eigenvalue weighted by Gasteiger charge is 1.96. The van der Waals surface area contributed by atoms with Crippen LogP contribution >= 0.6 is 0 Å². The predicted molar refractivity (Wildman–Crippen MR) is 58.7 cm³/mol. The third-order valence-corrected chi connectivity index (χ3v) is 2.05. The first-order valence-electron chi connectivity index (χ1n) is 5.18. The summed E-state index contributed by atoms with van der Waals surface area (Å²) in [6.45, 7) is 5.77. The minimum atomic E-state index is 0.806. The van der Waals surface area contributed by atoms with Crippen LogP contribution in [0.3, 0.4) is 0 Å². The van der Waals surface area contributed by atoms with E-state index in [-0.39, 0.29) is 0 Å². The summed E-state index contributed by atoms with van der Waals surface area (Å²) in [5.74, 6) is 0. The Labute approximate surface area is 87.6 Å². The van der Waals surface area contributed by atoms with E-state index in [0.29, 0.717) is 0 Å². The standard InChI is InChI=1S/C10H24N2O2/c1-12(8-10-14-3)7-6-11-5-4-9-13-2/h11H,4-10H2,1-3H3. The van der Waals surface area contributed by atoms with Gasteiger partial charge in [-0.2, -0.15) is 0 Å². The summed E-state index contributed by atoms with van der Waals surface area (Å²) in [4.78, 5) is 2.26. The fraction of sp³-hybridized carbons (Fsp3) is 1.00. The van der Waals surface area contributed by atoms with Crippen molar-refractivity contribution in [2.45, 2.75) is 6.42 Å². The van der Waals surface area contributed by atoms with Gasteiger partial charge in [-0.25, -0.2) is 0 Å². The SMILES string of the molecule is COCCCNCCN(C)CCOC. The Morgan fingerprint density at radius 1 is 1.00 bits per heavy atom. The van der Waals surface area contributed by atoms with Crippen molar-refractivity contribution >= 4 is 0 Å². The molecule has 1 N–H and O–H groups in total.